The van der Waals surface area contributed by atoms with Gasteiger partial charge in [0.05, 0.1) is 22.1 Å². The van der Waals surface area contributed by atoms with Crippen molar-refractivity contribution in [1.29, 1.82) is 0 Å². The predicted molar refractivity (Wildman–Crippen MR) is 226 cm³/mol. The summed E-state index contributed by atoms with van der Waals surface area (Å²) in [7, 11) is 0. The Kier molecular flexibility index (Phi) is 12.0. The van der Waals surface area contributed by atoms with Gasteiger partial charge in [0, 0.05) is 42.8 Å². The van der Waals surface area contributed by atoms with Crippen LogP contribution in [0.5, 0.6) is 28.7 Å². The van der Waals surface area contributed by atoms with E-state index in [1.54, 1.807) is 48.9 Å². The zero-order chi connectivity index (χ0) is 41.9. The molecule has 60 heavy (non-hydrogen) atoms. The molecule has 0 aliphatic carbocycles. The molecular weight excluding hydrogens is 805 g/mol. The number of carbonyl (C=O) groups is 2. The number of aliphatic carboxylic acids is 1. The largest absolute Gasteiger partial charge is 0.489 e. The van der Waals surface area contributed by atoms with Crippen LogP contribution in [0.1, 0.15) is 64.0 Å². The van der Waals surface area contributed by atoms with Crippen molar-refractivity contribution in [1.82, 2.24) is 25.2 Å². The average Bonchev–Trinajstić information content (AvgIpc) is 3.80. The summed E-state index contributed by atoms with van der Waals surface area (Å²) < 4.78 is 24.8. The highest BCUT2D eigenvalue weighted by atomic mass is 35.5. The summed E-state index contributed by atoms with van der Waals surface area (Å²) in [5.41, 5.74) is 6.28. The van der Waals surface area contributed by atoms with Gasteiger partial charge in [-0.1, -0.05) is 53.5 Å². The zero-order valence-electron chi connectivity index (χ0n) is 33.2. The number of aryl methyl sites for hydroxylation is 1. The minimum Gasteiger partial charge on any atom is -0.489 e. The Hall–Kier alpha value is -6.08. The number of amides is 1. The third-order valence-electron chi connectivity index (χ3n) is 11.1. The topological polar surface area (TPSA) is 148 Å². The Balaban J connectivity index is 0.954. The standard InChI is InChI=1S/C46H43Cl2N5O7/c1-26-27(2)49-15-14-40(26)59-35-9-4-29(5-10-35)19-38(46(55)56)52-45(54)39-20-32-21-41-42(22-33(32)23-53(39)28(3)44-50-16-17-51-44)60-43(25-58-41)31-7-11-34(12-8-31)57-24-30-6-13-36(47)37(48)18-30/h4-18,21-22,28,38-39,43H,19-20,23-25H2,1-3H3,(H,50,51)(H,52,54)(H,55,56)/t28-,38?,39-,43+/m0/s1. The van der Waals surface area contributed by atoms with Crippen molar-refractivity contribution >= 4 is 35.1 Å². The van der Waals surface area contributed by atoms with E-state index in [-0.39, 0.29) is 25.2 Å². The lowest BCUT2D eigenvalue weighted by molar-refractivity contribution is -0.143. The number of benzene rings is 4. The molecule has 2 aliphatic heterocycles. The number of halogens is 2. The second-order valence-electron chi connectivity index (χ2n) is 15.0. The van der Waals surface area contributed by atoms with Crippen LogP contribution in [0.25, 0.3) is 0 Å². The third-order valence-corrected chi connectivity index (χ3v) is 11.8. The Morgan fingerprint density at radius 1 is 0.917 bits per heavy atom. The number of fused-ring (bicyclic) bond motifs is 2. The van der Waals surface area contributed by atoms with Gasteiger partial charge < -0.3 is 34.4 Å². The van der Waals surface area contributed by atoms with Crippen molar-refractivity contribution in [2.24, 2.45) is 0 Å². The number of ether oxygens (including phenoxy) is 4. The maximum atomic E-state index is 14.2. The number of aromatic nitrogens is 3. The minimum absolute atomic E-state index is 0.0835. The van der Waals surface area contributed by atoms with Crippen LogP contribution in [0.15, 0.2) is 104 Å². The number of pyridine rings is 1. The first kappa shape index (κ1) is 40.7. The highest BCUT2D eigenvalue weighted by Crippen LogP contribution is 2.42. The Bertz CT molecular complexity index is 2500. The monoisotopic (exact) mass is 847 g/mol. The molecule has 308 valence electrons. The van der Waals surface area contributed by atoms with Gasteiger partial charge in [0.15, 0.2) is 17.6 Å². The van der Waals surface area contributed by atoms with Crippen molar-refractivity contribution < 1.29 is 33.6 Å². The lowest BCUT2D eigenvalue weighted by Gasteiger charge is -2.40. The number of H-pyrrole nitrogens is 1. The van der Waals surface area contributed by atoms with E-state index in [1.807, 2.05) is 80.3 Å². The smallest absolute Gasteiger partial charge is 0.326 e. The number of carboxylic acids is 1. The highest BCUT2D eigenvalue weighted by molar-refractivity contribution is 6.42. The molecule has 4 atom stereocenters. The number of carboxylic acid groups (broad SMARTS) is 1. The van der Waals surface area contributed by atoms with Gasteiger partial charge in [0.1, 0.15) is 42.3 Å². The maximum Gasteiger partial charge on any atom is 0.326 e. The number of hydrogen-bond donors (Lipinski definition) is 3. The summed E-state index contributed by atoms with van der Waals surface area (Å²) in [5, 5.41) is 14.1. The molecule has 0 bridgehead atoms. The minimum atomic E-state index is -1.17. The molecule has 1 amide bonds. The molecular formula is C46H43Cl2N5O7. The van der Waals surface area contributed by atoms with Gasteiger partial charge in [-0.05, 0) is 110 Å². The number of carbonyl (C=O) groups excluding carboxylic acids is 1. The number of nitrogens with one attached hydrogen (secondary N) is 2. The van der Waals surface area contributed by atoms with E-state index in [0.717, 1.165) is 39.1 Å². The molecule has 0 saturated carbocycles. The fourth-order valence-corrected chi connectivity index (χ4v) is 7.80. The number of rotatable bonds is 13. The van der Waals surface area contributed by atoms with Crippen LogP contribution in [0.3, 0.4) is 0 Å². The summed E-state index contributed by atoms with van der Waals surface area (Å²) in [4.78, 5) is 40.8. The van der Waals surface area contributed by atoms with E-state index < -0.39 is 24.0 Å². The molecule has 2 aliphatic rings. The van der Waals surface area contributed by atoms with Gasteiger partial charge in [-0.15, -0.1) is 0 Å². The molecule has 0 radical (unpaired) electrons. The van der Waals surface area contributed by atoms with Gasteiger partial charge in [-0.25, -0.2) is 9.78 Å². The van der Waals surface area contributed by atoms with Crippen molar-refractivity contribution in [2.75, 3.05) is 6.61 Å². The Labute approximate surface area is 357 Å². The quantitative estimate of drug-likeness (QED) is 0.103. The molecule has 6 aromatic rings. The Morgan fingerprint density at radius 2 is 1.67 bits per heavy atom. The SMILES string of the molecule is Cc1nccc(Oc2ccc(CC(NC(=O)[C@@H]3Cc4cc5c(cc4CN3[C@@H](C)c3ncc[nH]3)O[C@@H](c3ccc(OCc4ccc(Cl)c(Cl)c4)cc3)CO5)C(=O)O)cc2)c1C. The van der Waals surface area contributed by atoms with Gasteiger partial charge in [-0.2, -0.15) is 0 Å². The van der Waals surface area contributed by atoms with E-state index in [1.165, 1.54) is 0 Å². The molecule has 8 rings (SSSR count). The average molecular weight is 849 g/mol. The van der Waals surface area contributed by atoms with Crippen LogP contribution in [0.4, 0.5) is 0 Å². The second-order valence-corrected chi connectivity index (χ2v) is 15.8. The van der Waals surface area contributed by atoms with Crippen molar-refractivity contribution in [3.05, 3.63) is 158 Å². The van der Waals surface area contributed by atoms with Crippen LogP contribution in [-0.4, -0.2) is 55.5 Å². The van der Waals surface area contributed by atoms with E-state index in [2.05, 4.69) is 20.3 Å². The van der Waals surface area contributed by atoms with E-state index in [4.69, 9.17) is 42.1 Å². The number of imidazole rings is 1. The van der Waals surface area contributed by atoms with Crippen LogP contribution in [0.2, 0.25) is 10.0 Å². The van der Waals surface area contributed by atoms with Crippen molar-refractivity contribution in [3.63, 3.8) is 0 Å². The van der Waals surface area contributed by atoms with Gasteiger partial charge in [0.2, 0.25) is 5.91 Å². The number of aromatic amines is 1. The van der Waals surface area contributed by atoms with Crippen LogP contribution in [0, 0.1) is 13.8 Å². The molecule has 0 fully saturated rings. The van der Waals surface area contributed by atoms with E-state index in [9.17, 15) is 14.7 Å². The fraction of sp³-hybridized carbons (Fsp3) is 0.261. The second kappa shape index (κ2) is 17.6. The normalized spacial score (nSPS) is 16.9. The molecule has 0 saturated heterocycles. The van der Waals surface area contributed by atoms with Crippen molar-refractivity contribution in [3.8, 4) is 28.7 Å². The first-order valence-electron chi connectivity index (χ1n) is 19.6. The van der Waals surface area contributed by atoms with Crippen LogP contribution < -0.4 is 24.3 Å². The fourth-order valence-electron chi connectivity index (χ4n) is 7.48. The van der Waals surface area contributed by atoms with Gasteiger partial charge in [-0.3, -0.25) is 14.7 Å². The summed E-state index contributed by atoms with van der Waals surface area (Å²) >= 11 is 12.2. The lowest BCUT2D eigenvalue weighted by Crippen LogP contribution is -2.55. The summed E-state index contributed by atoms with van der Waals surface area (Å²) in [6, 6.07) is 23.8. The molecule has 14 heteroatoms. The number of nitrogens with zero attached hydrogens (tertiary/aromatic N) is 3. The molecule has 3 N–H and O–H groups in total. The van der Waals surface area contributed by atoms with Crippen LogP contribution in [-0.2, 0) is 35.6 Å². The van der Waals surface area contributed by atoms with Gasteiger partial charge >= 0.3 is 5.97 Å². The van der Waals surface area contributed by atoms with E-state index in [0.29, 0.717) is 64.2 Å². The molecule has 0 spiro atoms. The van der Waals surface area contributed by atoms with Gasteiger partial charge in [0.25, 0.3) is 0 Å². The first-order valence-corrected chi connectivity index (χ1v) is 20.3. The molecule has 12 nitrogen and oxygen atoms in total. The predicted octanol–water partition coefficient (Wildman–Crippen LogP) is 8.91. The molecule has 2 aromatic heterocycles. The highest BCUT2D eigenvalue weighted by Gasteiger charge is 2.38. The molecule has 1 unspecified atom stereocenters. The summed E-state index contributed by atoms with van der Waals surface area (Å²) in [5.74, 6) is 2.35. The Morgan fingerprint density at radius 3 is 2.40 bits per heavy atom. The van der Waals surface area contributed by atoms with Crippen molar-refractivity contribution in [2.45, 2.75) is 71.0 Å². The molecule has 4 aromatic carbocycles. The number of hydrogen-bond acceptors (Lipinski definition) is 9. The van der Waals surface area contributed by atoms with Crippen LogP contribution >= 0.6 is 23.2 Å². The summed E-state index contributed by atoms with van der Waals surface area (Å²) in [6.07, 6.45) is 5.16. The lowest BCUT2D eigenvalue weighted by atomic mass is 9.91. The summed E-state index contributed by atoms with van der Waals surface area (Å²) in [6.45, 7) is 6.86. The van der Waals surface area contributed by atoms with E-state index >= 15 is 0 Å². The zero-order valence-corrected chi connectivity index (χ0v) is 34.7. The molecule has 4 heterocycles. The third kappa shape index (κ3) is 9.06. The maximum absolute atomic E-state index is 14.2. The first-order chi connectivity index (χ1) is 29.0.